The van der Waals surface area contributed by atoms with Gasteiger partial charge in [-0.15, -0.1) is 0 Å². The molecule has 0 radical (unpaired) electrons. The molecule has 1 heterocycles. The number of carbonyl (C=O) groups is 1. The Hall–Kier alpha value is -2.07. The molecule has 0 bridgehead atoms. The van der Waals surface area contributed by atoms with Crippen molar-refractivity contribution >= 4 is 17.5 Å². The van der Waals surface area contributed by atoms with Gasteiger partial charge in [-0.3, -0.25) is 19.1 Å². The van der Waals surface area contributed by atoms with E-state index in [2.05, 4.69) is 5.32 Å². The zero-order valence-electron chi connectivity index (χ0n) is 7.99. The van der Waals surface area contributed by atoms with Crippen molar-refractivity contribution in [3.63, 3.8) is 0 Å². The molecule has 0 aliphatic heterocycles. The Morgan fingerprint density at radius 3 is 2.94 bits per heavy atom. The normalized spacial score (nSPS) is 9.50. The van der Waals surface area contributed by atoms with Crippen LogP contribution in [0.25, 0.3) is 0 Å². The van der Waals surface area contributed by atoms with E-state index in [4.69, 9.17) is 16.9 Å². The third-order valence-corrected chi connectivity index (χ3v) is 1.92. The van der Waals surface area contributed by atoms with E-state index in [0.29, 0.717) is 0 Å². The number of rotatable bonds is 3. The predicted octanol–water partition coefficient (Wildman–Crippen LogP) is -1.17. The van der Waals surface area contributed by atoms with Crippen LogP contribution in [-0.2, 0) is 11.3 Å². The van der Waals surface area contributed by atoms with Gasteiger partial charge in [-0.1, -0.05) is 11.6 Å². The van der Waals surface area contributed by atoms with Crippen molar-refractivity contribution in [2.24, 2.45) is 0 Å². The summed E-state index contributed by atoms with van der Waals surface area (Å²) < 4.78 is 0.941. The van der Waals surface area contributed by atoms with Gasteiger partial charge in [0.05, 0.1) is 6.07 Å². The Kier molecular flexibility index (Phi) is 3.85. The molecule has 0 atom stereocenters. The lowest BCUT2D eigenvalue weighted by molar-refractivity contribution is -0.121. The van der Waals surface area contributed by atoms with Gasteiger partial charge in [-0.05, 0) is 0 Å². The molecular weight excluding hydrogens is 236 g/mol. The average Bonchev–Trinajstić information content (AvgIpc) is 2.23. The number of nitriles is 1. The fourth-order valence-corrected chi connectivity index (χ4v) is 1.11. The summed E-state index contributed by atoms with van der Waals surface area (Å²) in [6.45, 7) is -0.457. The molecule has 1 amide bonds. The maximum absolute atomic E-state index is 11.2. The van der Waals surface area contributed by atoms with E-state index in [0.717, 1.165) is 10.8 Å². The minimum absolute atomic E-state index is 0.148. The Balaban J connectivity index is 2.87. The van der Waals surface area contributed by atoms with Crippen LogP contribution in [0.15, 0.2) is 15.8 Å². The van der Waals surface area contributed by atoms with Crippen molar-refractivity contribution in [2.45, 2.75) is 6.54 Å². The predicted molar refractivity (Wildman–Crippen MR) is 55.0 cm³/mol. The van der Waals surface area contributed by atoms with Crippen molar-refractivity contribution < 1.29 is 4.79 Å². The van der Waals surface area contributed by atoms with Crippen LogP contribution in [0.2, 0.25) is 5.02 Å². The molecule has 1 aromatic rings. The number of hydrogen-bond donors (Lipinski definition) is 2. The number of carbonyl (C=O) groups excluding carboxylic acids is 1. The second kappa shape index (κ2) is 5.14. The van der Waals surface area contributed by atoms with Gasteiger partial charge in [0, 0.05) is 6.20 Å². The largest absolute Gasteiger partial charge is 0.341 e. The third-order valence-electron chi connectivity index (χ3n) is 1.65. The quantitative estimate of drug-likeness (QED) is 0.651. The van der Waals surface area contributed by atoms with Crippen LogP contribution in [0.4, 0.5) is 0 Å². The van der Waals surface area contributed by atoms with Crippen molar-refractivity contribution in [2.75, 3.05) is 6.54 Å². The van der Waals surface area contributed by atoms with E-state index in [1.807, 2.05) is 4.98 Å². The van der Waals surface area contributed by atoms with Gasteiger partial charge < -0.3 is 5.32 Å². The fourth-order valence-electron chi connectivity index (χ4n) is 0.949. The first kappa shape index (κ1) is 12.0. The number of H-pyrrole nitrogens is 1. The zero-order valence-corrected chi connectivity index (χ0v) is 8.74. The summed E-state index contributed by atoms with van der Waals surface area (Å²) in [6, 6.07) is 1.72. The zero-order chi connectivity index (χ0) is 12.1. The lowest BCUT2D eigenvalue weighted by Crippen LogP contribution is -2.35. The molecule has 8 heteroatoms. The molecular formula is C8H7ClN4O3. The van der Waals surface area contributed by atoms with E-state index >= 15 is 0 Å². The Bertz CT molecular complexity index is 554. The van der Waals surface area contributed by atoms with E-state index < -0.39 is 17.2 Å². The Labute approximate surface area is 94.3 Å². The van der Waals surface area contributed by atoms with Crippen LogP contribution in [0, 0.1) is 11.3 Å². The van der Waals surface area contributed by atoms with Crippen LogP contribution >= 0.6 is 11.6 Å². The van der Waals surface area contributed by atoms with E-state index in [1.54, 1.807) is 6.07 Å². The van der Waals surface area contributed by atoms with Crippen LogP contribution in [0.3, 0.4) is 0 Å². The lowest BCUT2D eigenvalue weighted by Gasteiger charge is -2.04. The topological polar surface area (TPSA) is 108 Å². The molecule has 84 valence electrons. The highest BCUT2D eigenvalue weighted by molar-refractivity contribution is 6.30. The number of halogens is 1. The monoisotopic (exact) mass is 242 g/mol. The highest BCUT2D eigenvalue weighted by Gasteiger charge is 2.06. The Morgan fingerprint density at radius 1 is 1.62 bits per heavy atom. The average molecular weight is 243 g/mol. The van der Waals surface area contributed by atoms with Gasteiger partial charge in [0.1, 0.15) is 18.1 Å². The fraction of sp³-hybridized carbons (Fsp3) is 0.250. The minimum Gasteiger partial charge on any atom is -0.341 e. The first-order chi connectivity index (χ1) is 7.54. The molecule has 1 rings (SSSR count). The van der Waals surface area contributed by atoms with Gasteiger partial charge in [0.25, 0.3) is 5.56 Å². The number of hydrogen-bond acceptors (Lipinski definition) is 4. The molecule has 0 saturated heterocycles. The van der Waals surface area contributed by atoms with Gasteiger partial charge in [-0.2, -0.15) is 5.26 Å². The smallest absolute Gasteiger partial charge is 0.328 e. The number of nitrogens with zero attached hydrogens (tertiary/aromatic N) is 2. The first-order valence-corrected chi connectivity index (χ1v) is 4.55. The summed E-state index contributed by atoms with van der Waals surface area (Å²) >= 11 is 5.49. The number of nitrogens with one attached hydrogen (secondary N) is 2. The summed E-state index contributed by atoms with van der Waals surface area (Å²) in [7, 11) is 0. The lowest BCUT2D eigenvalue weighted by atomic mass is 10.5. The number of aromatic amines is 1. The van der Waals surface area contributed by atoms with Crippen LogP contribution in [0.1, 0.15) is 0 Å². The second-order valence-electron chi connectivity index (χ2n) is 2.80. The van der Waals surface area contributed by atoms with E-state index in [-0.39, 0.29) is 18.1 Å². The van der Waals surface area contributed by atoms with Gasteiger partial charge >= 0.3 is 5.69 Å². The summed E-state index contributed by atoms with van der Waals surface area (Å²) in [5.74, 6) is -0.522. The molecule has 0 aromatic carbocycles. The van der Waals surface area contributed by atoms with Gasteiger partial charge in [0.2, 0.25) is 5.91 Å². The molecule has 0 aliphatic carbocycles. The molecule has 16 heavy (non-hydrogen) atoms. The van der Waals surface area contributed by atoms with E-state index in [1.165, 1.54) is 0 Å². The van der Waals surface area contributed by atoms with Crippen LogP contribution < -0.4 is 16.6 Å². The molecule has 0 saturated carbocycles. The van der Waals surface area contributed by atoms with Gasteiger partial charge in [-0.25, -0.2) is 4.79 Å². The Morgan fingerprint density at radius 2 is 2.31 bits per heavy atom. The summed E-state index contributed by atoms with van der Waals surface area (Å²) in [5, 5.41) is 10.3. The van der Waals surface area contributed by atoms with Crippen molar-refractivity contribution in [3.05, 3.63) is 32.1 Å². The van der Waals surface area contributed by atoms with Gasteiger partial charge in [0.15, 0.2) is 0 Å². The molecule has 7 nitrogen and oxygen atoms in total. The van der Waals surface area contributed by atoms with Crippen molar-refractivity contribution in [3.8, 4) is 6.07 Å². The maximum Gasteiger partial charge on any atom is 0.328 e. The molecule has 0 spiro atoms. The SMILES string of the molecule is N#CCNC(=O)Cn1cc(Cl)c(=O)[nH]c1=O. The summed E-state index contributed by atoms with van der Waals surface area (Å²) in [5.41, 5.74) is -1.44. The number of aromatic nitrogens is 2. The molecule has 1 aromatic heterocycles. The van der Waals surface area contributed by atoms with E-state index in [9.17, 15) is 14.4 Å². The molecule has 2 N–H and O–H groups in total. The second-order valence-corrected chi connectivity index (χ2v) is 3.21. The van der Waals surface area contributed by atoms with Crippen molar-refractivity contribution in [1.29, 1.82) is 5.26 Å². The molecule has 0 fully saturated rings. The van der Waals surface area contributed by atoms with Crippen LogP contribution in [0.5, 0.6) is 0 Å². The van der Waals surface area contributed by atoms with Crippen LogP contribution in [-0.4, -0.2) is 22.0 Å². The molecule has 0 unspecified atom stereocenters. The minimum atomic E-state index is -0.735. The highest BCUT2D eigenvalue weighted by Crippen LogP contribution is 1.95. The summed E-state index contributed by atoms with van der Waals surface area (Å²) in [4.78, 5) is 35.2. The standard InChI is InChI=1S/C8H7ClN4O3/c9-5-3-13(8(16)12-7(5)15)4-6(14)11-2-1-10/h3H,2,4H2,(H,11,14)(H,12,15,16). The maximum atomic E-state index is 11.2. The summed E-state index contributed by atoms with van der Waals surface area (Å²) in [6.07, 6.45) is 1.06. The van der Waals surface area contributed by atoms with Crippen molar-refractivity contribution in [1.82, 2.24) is 14.9 Å². The highest BCUT2D eigenvalue weighted by atomic mass is 35.5. The first-order valence-electron chi connectivity index (χ1n) is 4.17. The molecule has 0 aliphatic rings. The third kappa shape index (κ3) is 2.96. The number of amides is 1.